The van der Waals surface area contributed by atoms with E-state index in [-0.39, 0.29) is 11.1 Å². The summed E-state index contributed by atoms with van der Waals surface area (Å²) in [4.78, 5) is 2.05. The third kappa shape index (κ3) is 4.29. The molecule has 0 aliphatic carbocycles. The zero-order valence-corrected chi connectivity index (χ0v) is 13.9. The summed E-state index contributed by atoms with van der Waals surface area (Å²) in [6, 6.07) is 1.81. The molecule has 6 nitrogen and oxygen atoms in total. The molecule has 0 aromatic carbocycles. The van der Waals surface area contributed by atoms with Crippen LogP contribution in [-0.2, 0) is 16.6 Å². The van der Waals surface area contributed by atoms with Gasteiger partial charge in [0.2, 0.25) is 0 Å². The van der Waals surface area contributed by atoms with E-state index in [2.05, 4.69) is 16.7 Å². The number of aromatic nitrogens is 2. The van der Waals surface area contributed by atoms with Crippen LogP contribution in [0.5, 0.6) is 0 Å². The number of aryl methyl sites for hydroxylation is 2. The zero-order chi connectivity index (χ0) is 15.3. The summed E-state index contributed by atoms with van der Waals surface area (Å²) in [5, 5.41) is 4.42. The highest BCUT2D eigenvalue weighted by Gasteiger charge is 2.22. The molecule has 0 saturated carbocycles. The fourth-order valence-corrected chi connectivity index (χ4v) is 3.45. The van der Waals surface area contributed by atoms with E-state index < -0.39 is 10.0 Å². The van der Waals surface area contributed by atoms with Crippen molar-refractivity contribution in [1.29, 1.82) is 0 Å². The van der Waals surface area contributed by atoms with Crippen molar-refractivity contribution in [3.05, 3.63) is 11.8 Å². The molecular formula is C13H26N4O2S. The van der Waals surface area contributed by atoms with Crippen molar-refractivity contribution < 1.29 is 8.42 Å². The molecule has 0 unspecified atom stereocenters. The maximum Gasteiger partial charge on any atom is 0.257 e. The standard InChI is InChI=1S/C13H26N4O2S/c1-6-8-12(16(4)5)10-14-20(18,19)13-9-11(3)15-17(13)7-2/h9,12,14H,6-8,10H2,1-5H3/t12-/m0/s1. The molecule has 1 aromatic heterocycles. The molecular weight excluding hydrogens is 276 g/mol. The van der Waals surface area contributed by atoms with E-state index in [1.807, 2.05) is 25.9 Å². The average Bonchev–Trinajstić information content (AvgIpc) is 2.76. The van der Waals surface area contributed by atoms with Gasteiger partial charge in [0, 0.05) is 19.1 Å². The van der Waals surface area contributed by atoms with Crippen LogP contribution in [0, 0.1) is 6.92 Å². The van der Waals surface area contributed by atoms with Crippen LogP contribution in [0.2, 0.25) is 0 Å². The molecule has 0 spiro atoms. The maximum absolute atomic E-state index is 12.4. The smallest absolute Gasteiger partial charge is 0.257 e. The molecule has 0 aliphatic heterocycles. The summed E-state index contributed by atoms with van der Waals surface area (Å²) < 4.78 is 28.9. The van der Waals surface area contributed by atoms with Crippen molar-refractivity contribution in [3.8, 4) is 0 Å². The lowest BCUT2D eigenvalue weighted by atomic mass is 10.1. The van der Waals surface area contributed by atoms with Crippen LogP contribution >= 0.6 is 0 Å². The number of nitrogens with one attached hydrogen (secondary N) is 1. The van der Waals surface area contributed by atoms with Gasteiger partial charge in [-0.1, -0.05) is 13.3 Å². The van der Waals surface area contributed by atoms with E-state index >= 15 is 0 Å². The van der Waals surface area contributed by atoms with Crippen molar-refractivity contribution >= 4 is 10.0 Å². The number of hydrogen-bond donors (Lipinski definition) is 1. The Bertz CT molecular complexity index is 522. The lowest BCUT2D eigenvalue weighted by molar-refractivity contribution is 0.277. The number of nitrogens with zero attached hydrogens (tertiary/aromatic N) is 3. The largest absolute Gasteiger partial charge is 0.305 e. The minimum Gasteiger partial charge on any atom is -0.305 e. The van der Waals surface area contributed by atoms with Gasteiger partial charge < -0.3 is 4.90 Å². The Kier molecular flexibility index (Phi) is 6.16. The predicted octanol–water partition coefficient (Wildman–Crippen LogP) is 1.22. The minimum atomic E-state index is -3.51. The first-order chi connectivity index (χ1) is 9.31. The highest BCUT2D eigenvalue weighted by atomic mass is 32.2. The van der Waals surface area contributed by atoms with Crippen molar-refractivity contribution in [2.75, 3.05) is 20.6 Å². The SMILES string of the molecule is CCC[C@@H](CNS(=O)(=O)c1cc(C)nn1CC)N(C)C. The Labute approximate surface area is 122 Å². The van der Waals surface area contributed by atoms with E-state index in [9.17, 15) is 8.42 Å². The van der Waals surface area contributed by atoms with E-state index in [1.54, 1.807) is 13.0 Å². The first-order valence-electron chi connectivity index (χ1n) is 7.02. The van der Waals surface area contributed by atoms with Crippen molar-refractivity contribution in [2.45, 2.75) is 51.2 Å². The molecule has 116 valence electrons. The number of likely N-dealkylation sites (N-methyl/N-ethyl adjacent to an activating group) is 1. The molecule has 0 bridgehead atoms. The first-order valence-corrected chi connectivity index (χ1v) is 8.50. The van der Waals surface area contributed by atoms with Crippen LogP contribution < -0.4 is 4.72 Å². The molecule has 1 aromatic rings. The van der Waals surface area contributed by atoms with Gasteiger partial charge in [0.1, 0.15) is 0 Å². The van der Waals surface area contributed by atoms with E-state index in [0.29, 0.717) is 18.8 Å². The Morgan fingerprint density at radius 1 is 1.40 bits per heavy atom. The van der Waals surface area contributed by atoms with Gasteiger partial charge in [-0.15, -0.1) is 0 Å². The monoisotopic (exact) mass is 302 g/mol. The lowest BCUT2D eigenvalue weighted by Gasteiger charge is -2.24. The summed E-state index contributed by atoms with van der Waals surface area (Å²) in [6.45, 7) is 6.73. The Hall–Kier alpha value is -0.920. The lowest BCUT2D eigenvalue weighted by Crippen LogP contribution is -2.40. The number of rotatable bonds is 8. The van der Waals surface area contributed by atoms with Crippen molar-refractivity contribution in [1.82, 2.24) is 19.4 Å². The zero-order valence-electron chi connectivity index (χ0n) is 13.0. The van der Waals surface area contributed by atoms with Gasteiger partial charge in [-0.25, -0.2) is 13.1 Å². The van der Waals surface area contributed by atoms with Crippen LogP contribution in [0.15, 0.2) is 11.1 Å². The molecule has 0 aliphatic rings. The van der Waals surface area contributed by atoms with Crippen LogP contribution in [0.3, 0.4) is 0 Å². The predicted molar refractivity (Wildman–Crippen MR) is 80.2 cm³/mol. The Morgan fingerprint density at radius 2 is 2.05 bits per heavy atom. The summed E-state index contributed by atoms with van der Waals surface area (Å²) in [7, 11) is 0.429. The highest BCUT2D eigenvalue weighted by molar-refractivity contribution is 7.89. The molecule has 0 saturated heterocycles. The van der Waals surface area contributed by atoms with Crippen LogP contribution in [0.25, 0.3) is 0 Å². The van der Waals surface area contributed by atoms with E-state index in [4.69, 9.17) is 0 Å². The average molecular weight is 302 g/mol. The topological polar surface area (TPSA) is 67.2 Å². The maximum atomic E-state index is 12.4. The number of hydrogen-bond acceptors (Lipinski definition) is 4. The molecule has 0 radical (unpaired) electrons. The number of sulfonamides is 1. The van der Waals surface area contributed by atoms with Gasteiger partial charge in [-0.2, -0.15) is 5.10 Å². The normalized spacial score (nSPS) is 13.9. The molecule has 0 fully saturated rings. The third-order valence-electron chi connectivity index (χ3n) is 3.30. The minimum absolute atomic E-state index is 0.203. The summed E-state index contributed by atoms with van der Waals surface area (Å²) in [6.07, 6.45) is 1.98. The molecule has 1 atom stereocenters. The van der Waals surface area contributed by atoms with Crippen LogP contribution in [0.4, 0.5) is 0 Å². The molecule has 0 amide bonds. The van der Waals surface area contributed by atoms with Crippen LogP contribution in [0.1, 0.15) is 32.4 Å². The highest BCUT2D eigenvalue weighted by Crippen LogP contribution is 2.11. The van der Waals surface area contributed by atoms with Gasteiger partial charge in [-0.05, 0) is 40.4 Å². The van der Waals surface area contributed by atoms with Gasteiger partial charge in [-0.3, -0.25) is 4.68 Å². The second-order valence-electron chi connectivity index (χ2n) is 5.20. The molecule has 20 heavy (non-hydrogen) atoms. The summed E-state index contributed by atoms with van der Waals surface area (Å²) in [5.74, 6) is 0. The molecule has 1 rings (SSSR count). The van der Waals surface area contributed by atoms with Gasteiger partial charge >= 0.3 is 0 Å². The second kappa shape index (κ2) is 7.19. The van der Waals surface area contributed by atoms with Gasteiger partial charge in [0.25, 0.3) is 10.0 Å². The molecule has 7 heteroatoms. The quantitative estimate of drug-likeness (QED) is 0.784. The first kappa shape index (κ1) is 17.1. The van der Waals surface area contributed by atoms with E-state index in [1.165, 1.54) is 4.68 Å². The summed E-state index contributed by atoms with van der Waals surface area (Å²) in [5.41, 5.74) is 0.713. The van der Waals surface area contributed by atoms with Gasteiger partial charge in [0.05, 0.1) is 5.69 Å². The Balaban J connectivity index is 2.84. The van der Waals surface area contributed by atoms with Crippen molar-refractivity contribution in [2.24, 2.45) is 0 Å². The Morgan fingerprint density at radius 3 is 2.55 bits per heavy atom. The molecule has 1 heterocycles. The fraction of sp³-hybridized carbons (Fsp3) is 0.769. The summed E-state index contributed by atoms with van der Waals surface area (Å²) >= 11 is 0. The van der Waals surface area contributed by atoms with Crippen molar-refractivity contribution in [3.63, 3.8) is 0 Å². The second-order valence-corrected chi connectivity index (χ2v) is 6.91. The fourth-order valence-electron chi connectivity index (χ4n) is 2.12. The van der Waals surface area contributed by atoms with Crippen LogP contribution in [-0.4, -0.2) is 49.8 Å². The van der Waals surface area contributed by atoms with E-state index in [0.717, 1.165) is 12.8 Å². The van der Waals surface area contributed by atoms with Gasteiger partial charge in [0.15, 0.2) is 5.03 Å². The molecule has 1 N–H and O–H groups in total. The third-order valence-corrected chi connectivity index (χ3v) is 4.73.